The monoisotopic (exact) mass is 405 g/mol. The highest BCUT2D eigenvalue weighted by atomic mass is 32.2. The maximum absolute atomic E-state index is 12.9. The molecule has 1 heterocycles. The summed E-state index contributed by atoms with van der Waals surface area (Å²) in [6, 6.07) is 11.3. The first-order valence-electron chi connectivity index (χ1n) is 8.19. The Morgan fingerprint density at radius 1 is 1.18 bits per heavy atom. The molecule has 0 bridgehead atoms. The number of amidine groups is 1. The van der Waals surface area contributed by atoms with Crippen LogP contribution in [0.3, 0.4) is 0 Å². The van der Waals surface area contributed by atoms with Crippen LogP contribution in [0.2, 0.25) is 0 Å². The van der Waals surface area contributed by atoms with E-state index in [0.717, 1.165) is 0 Å². The number of aliphatic imine (C=N–C) groups is 1. The molecule has 28 heavy (non-hydrogen) atoms. The first-order valence-corrected chi connectivity index (χ1v) is 9.67. The number of esters is 1. The average Bonchev–Trinajstić information content (AvgIpc) is 2.92. The van der Waals surface area contributed by atoms with E-state index in [4.69, 9.17) is 4.74 Å². The van der Waals surface area contributed by atoms with E-state index in [2.05, 4.69) is 15.0 Å². The van der Waals surface area contributed by atoms with E-state index in [1.807, 2.05) is 0 Å². The maximum atomic E-state index is 12.9. The van der Waals surface area contributed by atoms with Crippen molar-refractivity contribution >= 4 is 33.4 Å². The predicted octanol–water partition coefficient (Wildman–Crippen LogP) is 1.43. The van der Waals surface area contributed by atoms with Gasteiger partial charge >= 0.3 is 5.97 Å². The number of carbonyl (C=O) groups is 2. The topological polar surface area (TPSA) is 114 Å². The molecule has 1 aliphatic rings. The number of rotatable bonds is 5. The molecule has 8 nitrogen and oxygen atoms in total. The molecule has 2 aromatic rings. The molecule has 3 rings (SSSR count). The molecule has 0 radical (unpaired) electrons. The molecule has 0 unspecified atom stereocenters. The highest BCUT2D eigenvalue weighted by Gasteiger charge is 2.30. The van der Waals surface area contributed by atoms with Crippen LogP contribution in [0.25, 0.3) is 0 Å². The van der Waals surface area contributed by atoms with Crippen molar-refractivity contribution in [3.05, 3.63) is 59.9 Å². The number of sulfonamides is 1. The van der Waals surface area contributed by atoms with Gasteiger partial charge in [-0.15, -0.1) is 0 Å². The Kier molecular flexibility index (Phi) is 5.41. The van der Waals surface area contributed by atoms with Crippen molar-refractivity contribution in [2.24, 2.45) is 4.99 Å². The minimum Gasteiger partial charge on any atom is -0.451 e. The number of carbonyl (C=O) groups excluding carboxylic acids is 2. The summed E-state index contributed by atoms with van der Waals surface area (Å²) in [5.74, 6) is -1.81. The van der Waals surface area contributed by atoms with E-state index >= 15 is 0 Å². The van der Waals surface area contributed by atoms with E-state index in [-0.39, 0.29) is 10.7 Å². The summed E-state index contributed by atoms with van der Waals surface area (Å²) in [5, 5.41) is 2.48. The summed E-state index contributed by atoms with van der Waals surface area (Å²) in [7, 11) is -3.70. The molecule has 1 amide bonds. The Balaban J connectivity index is 1.59. The normalized spacial score (nSPS) is 16.7. The Morgan fingerprint density at radius 2 is 1.86 bits per heavy atom. The first kappa shape index (κ1) is 19.5. The Hall–Kier alpha value is -3.27. The first-order chi connectivity index (χ1) is 13.3. The summed E-state index contributed by atoms with van der Waals surface area (Å²) in [6.07, 6.45) is -1.12. The van der Waals surface area contributed by atoms with Gasteiger partial charge in [-0.25, -0.2) is 12.8 Å². The molecular formula is C18H16FN3O5S. The second-order valence-electron chi connectivity index (χ2n) is 5.89. The predicted molar refractivity (Wildman–Crippen MR) is 98.8 cm³/mol. The van der Waals surface area contributed by atoms with Gasteiger partial charge in [0.2, 0.25) is 0 Å². The average molecular weight is 405 g/mol. The number of halogens is 1. The van der Waals surface area contributed by atoms with Crippen LogP contribution >= 0.6 is 0 Å². The lowest BCUT2D eigenvalue weighted by molar-refractivity contribution is -0.151. The lowest BCUT2D eigenvalue weighted by Gasteiger charge is -2.13. The second-order valence-corrected chi connectivity index (χ2v) is 7.55. The lowest BCUT2D eigenvalue weighted by Crippen LogP contribution is -2.31. The zero-order chi connectivity index (χ0) is 20.3. The van der Waals surface area contributed by atoms with Crippen LogP contribution in [0.5, 0.6) is 0 Å². The van der Waals surface area contributed by atoms with Crippen molar-refractivity contribution in [1.29, 1.82) is 0 Å². The Bertz CT molecular complexity index is 1050. The van der Waals surface area contributed by atoms with Gasteiger partial charge in [0.15, 0.2) is 6.10 Å². The molecule has 0 spiro atoms. The van der Waals surface area contributed by atoms with Gasteiger partial charge in [0, 0.05) is 11.3 Å². The van der Waals surface area contributed by atoms with Crippen LogP contribution in [0, 0.1) is 5.82 Å². The van der Waals surface area contributed by atoms with E-state index < -0.39 is 40.4 Å². The Morgan fingerprint density at radius 3 is 2.57 bits per heavy atom. The van der Waals surface area contributed by atoms with Gasteiger partial charge < -0.3 is 10.1 Å². The number of hydrogen-bond acceptors (Lipinski definition) is 6. The number of hydrogen-bond donors (Lipinski definition) is 2. The number of nitrogens with one attached hydrogen (secondary N) is 2. The van der Waals surface area contributed by atoms with Gasteiger partial charge in [0.05, 0.1) is 4.90 Å². The highest BCUT2D eigenvalue weighted by molar-refractivity contribution is 7.90. The highest BCUT2D eigenvalue weighted by Crippen LogP contribution is 2.22. The minimum absolute atomic E-state index is 0.0379. The third-order valence-corrected chi connectivity index (χ3v) is 5.22. The number of benzene rings is 2. The van der Waals surface area contributed by atoms with Gasteiger partial charge in [0.1, 0.15) is 18.2 Å². The maximum Gasteiger partial charge on any atom is 0.328 e. The largest absolute Gasteiger partial charge is 0.451 e. The minimum atomic E-state index is -3.70. The fourth-order valence-electron chi connectivity index (χ4n) is 2.46. The fraction of sp³-hybridized carbons (Fsp3) is 0.167. The zero-order valence-electron chi connectivity index (χ0n) is 14.7. The van der Waals surface area contributed by atoms with Gasteiger partial charge in [0.25, 0.3) is 15.9 Å². The van der Waals surface area contributed by atoms with E-state index in [0.29, 0.717) is 11.3 Å². The molecule has 146 valence electrons. The van der Waals surface area contributed by atoms with Crippen LogP contribution in [-0.2, 0) is 24.3 Å². The summed E-state index contributed by atoms with van der Waals surface area (Å²) >= 11 is 0. The number of ether oxygens (including phenoxy) is 1. The van der Waals surface area contributed by atoms with Crippen molar-refractivity contribution in [1.82, 2.24) is 4.72 Å². The molecule has 10 heteroatoms. The van der Waals surface area contributed by atoms with Crippen LogP contribution in [0.15, 0.2) is 58.4 Å². The van der Waals surface area contributed by atoms with Crippen LogP contribution in [-0.4, -0.2) is 38.8 Å². The number of anilines is 1. The van der Waals surface area contributed by atoms with Gasteiger partial charge in [-0.3, -0.25) is 19.3 Å². The third-order valence-electron chi connectivity index (χ3n) is 3.82. The lowest BCUT2D eigenvalue weighted by atomic mass is 10.2. The SMILES string of the molecule is C[C@H](OC(=O)CN=C1NS(=O)(=O)c2ccccc21)C(=O)Nc1ccc(F)cc1. The molecule has 2 N–H and O–H groups in total. The number of amides is 1. The molecule has 0 saturated heterocycles. The molecule has 2 aromatic carbocycles. The molecule has 0 aromatic heterocycles. The second kappa shape index (κ2) is 7.77. The van der Waals surface area contributed by atoms with E-state index in [1.165, 1.54) is 37.3 Å². The van der Waals surface area contributed by atoms with Crippen molar-refractivity contribution in [3.8, 4) is 0 Å². The van der Waals surface area contributed by atoms with Crippen molar-refractivity contribution in [2.75, 3.05) is 11.9 Å². The smallest absolute Gasteiger partial charge is 0.328 e. The molecular weight excluding hydrogens is 389 g/mol. The van der Waals surface area contributed by atoms with E-state index in [1.54, 1.807) is 18.2 Å². The van der Waals surface area contributed by atoms with Crippen molar-refractivity contribution in [3.63, 3.8) is 0 Å². The summed E-state index contributed by atoms with van der Waals surface area (Å²) in [6.45, 7) is 0.901. The van der Waals surface area contributed by atoms with E-state index in [9.17, 15) is 22.4 Å². The van der Waals surface area contributed by atoms with Crippen molar-refractivity contribution in [2.45, 2.75) is 17.9 Å². The number of nitrogens with zero attached hydrogens (tertiary/aromatic N) is 1. The molecule has 1 atom stereocenters. The summed E-state index contributed by atoms with van der Waals surface area (Å²) in [5.41, 5.74) is 0.712. The molecule has 0 aliphatic carbocycles. The fourth-order valence-corrected chi connectivity index (χ4v) is 3.71. The quantitative estimate of drug-likeness (QED) is 0.731. The van der Waals surface area contributed by atoms with Crippen LogP contribution in [0.4, 0.5) is 10.1 Å². The molecule has 1 aliphatic heterocycles. The van der Waals surface area contributed by atoms with Crippen LogP contribution < -0.4 is 10.0 Å². The van der Waals surface area contributed by atoms with Crippen LogP contribution in [0.1, 0.15) is 12.5 Å². The third kappa shape index (κ3) is 4.34. The summed E-state index contributed by atoms with van der Waals surface area (Å²) < 4.78 is 44.1. The molecule has 0 saturated carbocycles. The zero-order valence-corrected chi connectivity index (χ0v) is 15.5. The molecule has 0 fully saturated rings. The standard InChI is InChI=1S/C18H16FN3O5S/c1-11(18(24)21-13-8-6-12(19)7-9-13)27-16(23)10-20-17-14-4-2-3-5-15(14)28(25,26)22-17/h2-9,11H,10H2,1H3,(H,20,22)(H,21,24)/t11-/m0/s1. The Labute approximate surface area is 160 Å². The van der Waals surface area contributed by atoms with Gasteiger partial charge in [-0.05, 0) is 43.3 Å². The summed E-state index contributed by atoms with van der Waals surface area (Å²) in [4.78, 5) is 28.0. The van der Waals surface area contributed by atoms with Gasteiger partial charge in [-0.2, -0.15) is 0 Å². The van der Waals surface area contributed by atoms with Crippen molar-refractivity contribution < 1.29 is 27.1 Å². The number of fused-ring (bicyclic) bond motifs is 1. The van der Waals surface area contributed by atoms with Gasteiger partial charge in [-0.1, -0.05) is 12.1 Å².